The van der Waals surface area contributed by atoms with Crippen LogP contribution in [-0.2, 0) is 4.57 Å². The Morgan fingerprint density at radius 1 is 0.588 bits per heavy atom. The van der Waals surface area contributed by atoms with Gasteiger partial charge in [0.05, 0.1) is 0 Å². The second-order valence-corrected chi connectivity index (χ2v) is 7.64. The van der Waals surface area contributed by atoms with Gasteiger partial charge in [0.2, 0.25) is 0 Å². The number of benzene rings is 1. The van der Waals surface area contributed by atoms with Gasteiger partial charge in [0.15, 0.2) is 0 Å². The lowest BCUT2D eigenvalue weighted by Gasteiger charge is -2.34. The van der Waals surface area contributed by atoms with Crippen molar-refractivity contribution < 1.29 is 4.57 Å². The Bertz CT molecular complexity index is 284. The molecule has 4 nitrogen and oxygen atoms in total. The first-order valence-electron chi connectivity index (χ1n) is 5.47. The van der Waals surface area contributed by atoms with E-state index >= 15 is 0 Å². The van der Waals surface area contributed by atoms with E-state index in [1.165, 1.54) is 0 Å². The maximum Gasteiger partial charge on any atom is 0.285 e. The van der Waals surface area contributed by atoms with Gasteiger partial charge in [-0.3, -0.25) is 4.57 Å². The largest absolute Gasteiger partial charge is 0.285 e. The Balaban J connectivity index is 0.000000354. The number of nitrogens with zero attached hydrogens (tertiary/aromatic N) is 3. The zero-order valence-electron chi connectivity index (χ0n) is 11.7. The number of hydrogen-bond acceptors (Lipinski definition) is 1. The highest BCUT2D eigenvalue weighted by atomic mass is 31.2. The highest BCUT2D eigenvalue weighted by Crippen LogP contribution is 2.50. The Kier molecular flexibility index (Phi) is 7.32. The molecule has 5 heteroatoms. The summed E-state index contributed by atoms with van der Waals surface area (Å²) in [6.45, 7) is 0. The van der Waals surface area contributed by atoms with Crippen LogP contribution in [-0.4, -0.2) is 56.3 Å². The fourth-order valence-corrected chi connectivity index (χ4v) is 3.60. The Labute approximate surface area is 105 Å². The quantitative estimate of drug-likeness (QED) is 0.777. The summed E-state index contributed by atoms with van der Waals surface area (Å²) in [6.07, 6.45) is 0. The van der Waals surface area contributed by atoms with E-state index in [2.05, 4.69) is 0 Å². The van der Waals surface area contributed by atoms with Crippen LogP contribution in [0.5, 0.6) is 0 Å². The third kappa shape index (κ3) is 5.00. The van der Waals surface area contributed by atoms with Crippen molar-refractivity contribution in [2.24, 2.45) is 0 Å². The van der Waals surface area contributed by atoms with E-state index in [1.807, 2.05) is 78.7 Å². The minimum Gasteiger partial charge on any atom is -0.270 e. The van der Waals surface area contributed by atoms with E-state index in [1.54, 1.807) is 14.0 Å². The van der Waals surface area contributed by atoms with Crippen molar-refractivity contribution in [3.8, 4) is 0 Å². The molecule has 1 aromatic carbocycles. The van der Waals surface area contributed by atoms with E-state index in [0.29, 0.717) is 0 Å². The summed E-state index contributed by atoms with van der Waals surface area (Å²) < 4.78 is 17.3. The summed E-state index contributed by atoms with van der Waals surface area (Å²) in [7, 11) is 8.49. The molecular weight excluding hydrogens is 233 g/mol. The fraction of sp³-hybridized carbons (Fsp3) is 0.500. The minimum atomic E-state index is -2.44. The van der Waals surface area contributed by atoms with Crippen molar-refractivity contribution in [1.29, 1.82) is 0 Å². The standard InChI is InChI=1S/C6H18N3OP.C6H6/c1-7(2)11(10,8(3)4)9(5)6;1-2-4-6-5-3-1/h1-6H3;1-6H. The zero-order valence-corrected chi connectivity index (χ0v) is 12.6. The Morgan fingerprint density at radius 2 is 0.765 bits per heavy atom. The first kappa shape index (κ1) is 16.3. The van der Waals surface area contributed by atoms with E-state index in [4.69, 9.17) is 0 Å². The molecule has 0 aromatic heterocycles. The van der Waals surface area contributed by atoms with Gasteiger partial charge in [-0.25, -0.2) is 14.0 Å². The van der Waals surface area contributed by atoms with Gasteiger partial charge in [-0.1, -0.05) is 36.4 Å². The van der Waals surface area contributed by atoms with Crippen molar-refractivity contribution in [3.63, 3.8) is 0 Å². The van der Waals surface area contributed by atoms with E-state index in [0.717, 1.165) is 0 Å². The zero-order chi connectivity index (χ0) is 13.5. The molecule has 0 N–H and O–H groups in total. The summed E-state index contributed by atoms with van der Waals surface area (Å²) in [5.41, 5.74) is 0. The van der Waals surface area contributed by atoms with Gasteiger partial charge in [-0.2, -0.15) is 0 Å². The van der Waals surface area contributed by atoms with Crippen LogP contribution in [0.25, 0.3) is 0 Å². The second kappa shape index (κ2) is 7.62. The van der Waals surface area contributed by atoms with Crippen LogP contribution in [0.3, 0.4) is 0 Å². The Morgan fingerprint density at radius 3 is 0.824 bits per heavy atom. The van der Waals surface area contributed by atoms with Crippen LogP contribution in [0.2, 0.25) is 0 Å². The molecule has 0 saturated heterocycles. The molecule has 0 spiro atoms. The summed E-state index contributed by atoms with van der Waals surface area (Å²) in [5, 5.41) is 0. The third-order valence-electron chi connectivity index (χ3n) is 2.23. The van der Waals surface area contributed by atoms with Crippen LogP contribution in [0, 0.1) is 0 Å². The molecule has 0 atom stereocenters. The van der Waals surface area contributed by atoms with Crippen LogP contribution in [0.15, 0.2) is 36.4 Å². The molecule has 0 aliphatic heterocycles. The van der Waals surface area contributed by atoms with Crippen LogP contribution in [0.1, 0.15) is 0 Å². The molecule has 0 amide bonds. The summed E-state index contributed by atoms with van der Waals surface area (Å²) >= 11 is 0. The van der Waals surface area contributed by atoms with Crippen molar-refractivity contribution in [2.45, 2.75) is 0 Å². The van der Waals surface area contributed by atoms with E-state index in [-0.39, 0.29) is 0 Å². The molecule has 0 unspecified atom stereocenters. The molecule has 0 aliphatic rings. The van der Waals surface area contributed by atoms with Crippen molar-refractivity contribution in [3.05, 3.63) is 36.4 Å². The molecule has 0 heterocycles. The van der Waals surface area contributed by atoms with Gasteiger partial charge >= 0.3 is 0 Å². The lowest BCUT2D eigenvalue weighted by Crippen LogP contribution is -2.30. The summed E-state index contributed by atoms with van der Waals surface area (Å²) in [5.74, 6) is 0. The van der Waals surface area contributed by atoms with Crippen molar-refractivity contribution in [2.75, 3.05) is 42.3 Å². The van der Waals surface area contributed by atoms with Gasteiger partial charge in [-0.05, 0) is 42.3 Å². The highest BCUT2D eigenvalue weighted by Gasteiger charge is 2.30. The predicted molar refractivity (Wildman–Crippen MR) is 75.1 cm³/mol. The SMILES string of the molecule is CN(C)P(=O)(N(C)C)N(C)C.c1ccccc1. The van der Waals surface area contributed by atoms with Crippen LogP contribution >= 0.6 is 7.59 Å². The van der Waals surface area contributed by atoms with Crippen LogP contribution < -0.4 is 0 Å². The molecule has 17 heavy (non-hydrogen) atoms. The third-order valence-corrected chi connectivity index (χ3v) is 5.36. The van der Waals surface area contributed by atoms with Crippen LogP contribution in [0.4, 0.5) is 0 Å². The molecule has 98 valence electrons. The maximum atomic E-state index is 12.1. The van der Waals surface area contributed by atoms with Crippen molar-refractivity contribution in [1.82, 2.24) is 14.0 Å². The van der Waals surface area contributed by atoms with E-state index < -0.39 is 7.59 Å². The molecule has 0 radical (unpaired) electrons. The second-order valence-electron chi connectivity index (χ2n) is 4.21. The smallest absolute Gasteiger partial charge is 0.270 e. The predicted octanol–water partition coefficient (Wildman–Crippen LogP) is 2.47. The molecule has 1 aromatic rings. The average Bonchev–Trinajstić information content (AvgIpc) is 2.30. The first-order valence-corrected chi connectivity index (χ1v) is 7.03. The lowest BCUT2D eigenvalue weighted by atomic mass is 10.4. The first-order chi connectivity index (χ1) is 7.83. The minimum absolute atomic E-state index is 1.74. The topological polar surface area (TPSA) is 26.8 Å². The molecule has 0 fully saturated rings. The fourth-order valence-electron chi connectivity index (χ4n) is 1.46. The normalized spacial score (nSPS) is 11.6. The maximum absolute atomic E-state index is 12.1. The summed E-state index contributed by atoms with van der Waals surface area (Å²) in [6, 6.07) is 12.0. The molecule has 0 bridgehead atoms. The molecule has 1 rings (SSSR count). The van der Waals surface area contributed by atoms with Gasteiger partial charge < -0.3 is 0 Å². The number of rotatable bonds is 3. The van der Waals surface area contributed by atoms with Gasteiger partial charge in [0.1, 0.15) is 0 Å². The number of hydrogen-bond donors (Lipinski definition) is 0. The van der Waals surface area contributed by atoms with Gasteiger partial charge in [-0.15, -0.1) is 0 Å². The van der Waals surface area contributed by atoms with E-state index in [9.17, 15) is 4.57 Å². The van der Waals surface area contributed by atoms with Gasteiger partial charge in [0.25, 0.3) is 7.59 Å². The highest BCUT2D eigenvalue weighted by molar-refractivity contribution is 7.56. The molecule has 0 aliphatic carbocycles. The summed E-state index contributed by atoms with van der Waals surface area (Å²) in [4.78, 5) is 0. The monoisotopic (exact) mass is 257 g/mol. The van der Waals surface area contributed by atoms with Gasteiger partial charge in [0, 0.05) is 0 Å². The molecule has 0 saturated carbocycles. The average molecular weight is 257 g/mol. The Hall–Kier alpha value is -0.670. The van der Waals surface area contributed by atoms with Crippen molar-refractivity contribution >= 4 is 7.59 Å². The molecular formula is C12H24N3OP. The lowest BCUT2D eigenvalue weighted by molar-refractivity contribution is 0.383.